The van der Waals surface area contributed by atoms with Crippen LogP contribution in [-0.4, -0.2) is 40.7 Å². The first-order chi connectivity index (χ1) is 14.4. The van der Waals surface area contributed by atoms with E-state index in [2.05, 4.69) is 17.3 Å². The highest BCUT2D eigenvalue weighted by Gasteiger charge is 2.30. The van der Waals surface area contributed by atoms with Crippen LogP contribution in [0, 0.1) is 0 Å². The number of aliphatic hydroxyl groups is 1. The van der Waals surface area contributed by atoms with Crippen molar-refractivity contribution in [1.82, 2.24) is 15.1 Å². The lowest BCUT2D eigenvalue weighted by Gasteiger charge is -2.41. The van der Waals surface area contributed by atoms with E-state index in [1.807, 2.05) is 48.2 Å². The third-order valence-electron chi connectivity index (χ3n) is 5.70. The number of urea groups is 1. The zero-order valence-electron chi connectivity index (χ0n) is 17.4. The number of rotatable bonds is 6. The molecule has 7 heteroatoms. The van der Waals surface area contributed by atoms with Gasteiger partial charge in [0, 0.05) is 6.54 Å². The molecule has 0 spiro atoms. The number of benzene rings is 2. The molecule has 30 heavy (non-hydrogen) atoms. The molecule has 5 nitrogen and oxygen atoms in total. The molecular weight excluding hydrogens is 421 g/mol. The van der Waals surface area contributed by atoms with Gasteiger partial charge in [-0.1, -0.05) is 59.6 Å². The van der Waals surface area contributed by atoms with Gasteiger partial charge < -0.3 is 15.3 Å². The fraction of sp³-hybridized carbons (Fsp3) is 0.435. The molecule has 162 valence electrons. The predicted octanol–water partition coefficient (Wildman–Crippen LogP) is 5.20. The minimum atomic E-state index is -0.281. The zero-order valence-corrected chi connectivity index (χ0v) is 19.0. The third-order valence-corrected chi connectivity index (χ3v) is 6.53. The Morgan fingerprint density at radius 1 is 1.20 bits per heavy atom. The summed E-state index contributed by atoms with van der Waals surface area (Å²) in [6.45, 7) is 3.37. The standard InChI is InChI=1S/C23H29Cl2N3O2/c1-16(19-6-5-7-20(24)22(19)25)26-23(30)28(21-8-3-4-13-27(21)2)14-17-9-11-18(15-29)12-10-17/h5-7,9-12,16,21,29H,3-4,8,13-15H2,1-2H3,(H,26,30). The largest absolute Gasteiger partial charge is 0.392 e. The molecule has 1 aliphatic heterocycles. The van der Waals surface area contributed by atoms with Crippen molar-refractivity contribution in [1.29, 1.82) is 0 Å². The van der Waals surface area contributed by atoms with E-state index < -0.39 is 0 Å². The average Bonchev–Trinajstić information content (AvgIpc) is 2.75. The van der Waals surface area contributed by atoms with Crippen LogP contribution >= 0.6 is 23.2 Å². The first kappa shape index (κ1) is 22.9. The number of hydrogen-bond acceptors (Lipinski definition) is 3. The van der Waals surface area contributed by atoms with Crippen molar-refractivity contribution >= 4 is 29.2 Å². The summed E-state index contributed by atoms with van der Waals surface area (Å²) in [5, 5.41) is 13.3. The summed E-state index contributed by atoms with van der Waals surface area (Å²) in [6.07, 6.45) is 3.20. The molecule has 0 aliphatic carbocycles. The smallest absolute Gasteiger partial charge is 0.319 e. The van der Waals surface area contributed by atoms with E-state index in [-0.39, 0.29) is 24.8 Å². The van der Waals surface area contributed by atoms with Crippen molar-refractivity contribution in [3.63, 3.8) is 0 Å². The quantitative estimate of drug-likeness (QED) is 0.636. The number of likely N-dealkylation sites (tertiary alicyclic amines) is 1. The van der Waals surface area contributed by atoms with E-state index in [4.69, 9.17) is 23.2 Å². The molecule has 1 aliphatic rings. The van der Waals surface area contributed by atoms with Crippen LogP contribution in [0.1, 0.15) is 48.9 Å². The van der Waals surface area contributed by atoms with Crippen molar-refractivity contribution in [2.24, 2.45) is 0 Å². The van der Waals surface area contributed by atoms with Crippen LogP contribution in [0.2, 0.25) is 10.0 Å². The molecule has 1 fully saturated rings. The lowest BCUT2D eigenvalue weighted by atomic mass is 10.1. The summed E-state index contributed by atoms with van der Waals surface area (Å²) in [4.78, 5) is 17.5. The number of halogens is 2. The summed E-state index contributed by atoms with van der Waals surface area (Å²) < 4.78 is 0. The molecule has 1 saturated heterocycles. The van der Waals surface area contributed by atoms with E-state index in [1.165, 1.54) is 0 Å². The molecule has 1 heterocycles. The van der Waals surface area contributed by atoms with Gasteiger partial charge in [0.2, 0.25) is 0 Å². The summed E-state index contributed by atoms with van der Waals surface area (Å²) in [5.41, 5.74) is 2.67. The molecule has 2 N–H and O–H groups in total. The Hall–Kier alpha value is -1.79. The van der Waals surface area contributed by atoms with Crippen LogP contribution < -0.4 is 5.32 Å². The van der Waals surface area contributed by atoms with Gasteiger partial charge in [0.15, 0.2) is 0 Å². The van der Waals surface area contributed by atoms with Gasteiger partial charge in [-0.25, -0.2) is 4.79 Å². The van der Waals surface area contributed by atoms with Crippen molar-refractivity contribution in [2.75, 3.05) is 13.6 Å². The molecule has 0 aromatic heterocycles. The minimum absolute atomic E-state index is 0.00769. The second-order valence-electron chi connectivity index (χ2n) is 7.87. The Morgan fingerprint density at radius 3 is 2.57 bits per heavy atom. The fourth-order valence-corrected chi connectivity index (χ4v) is 4.38. The van der Waals surface area contributed by atoms with Crippen LogP contribution in [-0.2, 0) is 13.2 Å². The number of nitrogens with one attached hydrogen (secondary N) is 1. The molecule has 0 radical (unpaired) electrons. The molecule has 2 unspecified atom stereocenters. The maximum atomic E-state index is 13.4. The summed E-state index contributed by atoms with van der Waals surface area (Å²) in [6, 6.07) is 12.7. The number of aliphatic hydroxyl groups excluding tert-OH is 1. The molecular formula is C23H29Cl2N3O2. The number of piperidine rings is 1. The van der Waals surface area contributed by atoms with Gasteiger partial charge >= 0.3 is 6.03 Å². The third kappa shape index (κ3) is 5.46. The Balaban J connectivity index is 1.80. The predicted molar refractivity (Wildman–Crippen MR) is 122 cm³/mol. The van der Waals surface area contributed by atoms with Crippen molar-refractivity contribution in [2.45, 2.75) is 51.5 Å². The zero-order chi connectivity index (χ0) is 21.7. The number of carbonyl (C=O) groups excluding carboxylic acids is 1. The second kappa shape index (κ2) is 10.5. The van der Waals surface area contributed by atoms with Gasteiger partial charge in [0.1, 0.15) is 0 Å². The highest BCUT2D eigenvalue weighted by molar-refractivity contribution is 6.42. The number of nitrogens with zero attached hydrogens (tertiary/aromatic N) is 2. The molecule has 0 bridgehead atoms. The Bertz CT molecular complexity index is 860. The van der Waals surface area contributed by atoms with Gasteiger partial charge in [-0.3, -0.25) is 4.90 Å². The van der Waals surface area contributed by atoms with Crippen molar-refractivity contribution in [3.05, 3.63) is 69.2 Å². The van der Waals surface area contributed by atoms with E-state index in [0.29, 0.717) is 16.6 Å². The lowest BCUT2D eigenvalue weighted by Crippen LogP contribution is -2.54. The average molecular weight is 450 g/mol. The van der Waals surface area contributed by atoms with Gasteiger partial charge in [-0.2, -0.15) is 0 Å². The van der Waals surface area contributed by atoms with E-state index in [9.17, 15) is 9.90 Å². The maximum absolute atomic E-state index is 13.4. The molecule has 2 aromatic rings. The summed E-state index contributed by atoms with van der Waals surface area (Å²) in [5.74, 6) is 0. The van der Waals surface area contributed by atoms with Crippen LogP contribution in [0.3, 0.4) is 0 Å². The van der Waals surface area contributed by atoms with Crippen LogP contribution in [0.15, 0.2) is 42.5 Å². The maximum Gasteiger partial charge on any atom is 0.319 e. The first-order valence-corrected chi connectivity index (χ1v) is 11.1. The molecule has 0 saturated carbocycles. The monoisotopic (exact) mass is 449 g/mol. The molecule has 2 aromatic carbocycles. The minimum Gasteiger partial charge on any atom is -0.392 e. The fourth-order valence-electron chi connectivity index (χ4n) is 3.91. The van der Waals surface area contributed by atoms with Gasteiger partial charge in [0.25, 0.3) is 0 Å². The molecule has 3 rings (SSSR count). The van der Waals surface area contributed by atoms with Gasteiger partial charge in [-0.05, 0) is 62.5 Å². The topological polar surface area (TPSA) is 55.8 Å². The van der Waals surface area contributed by atoms with E-state index in [0.717, 1.165) is 42.5 Å². The van der Waals surface area contributed by atoms with Gasteiger partial charge in [0.05, 0.1) is 28.9 Å². The number of amides is 2. The normalized spacial score (nSPS) is 18.1. The Morgan fingerprint density at radius 2 is 1.90 bits per heavy atom. The highest BCUT2D eigenvalue weighted by atomic mass is 35.5. The lowest BCUT2D eigenvalue weighted by molar-refractivity contribution is 0.0498. The first-order valence-electron chi connectivity index (χ1n) is 10.3. The van der Waals surface area contributed by atoms with Crippen LogP contribution in [0.4, 0.5) is 4.79 Å². The second-order valence-corrected chi connectivity index (χ2v) is 8.66. The molecule has 2 amide bonds. The Labute approximate surface area is 188 Å². The number of hydrogen-bond donors (Lipinski definition) is 2. The van der Waals surface area contributed by atoms with Gasteiger partial charge in [-0.15, -0.1) is 0 Å². The van der Waals surface area contributed by atoms with Crippen LogP contribution in [0.5, 0.6) is 0 Å². The summed E-state index contributed by atoms with van der Waals surface area (Å²) in [7, 11) is 2.07. The van der Waals surface area contributed by atoms with E-state index >= 15 is 0 Å². The highest BCUT2D eigenvalue weighted by Crippen LogP contribution is 2.30. The summed E-state index contributed by atoms with van der Waals surface area (Å²) >= 11 is 12.5. The van der Waals surface area contributed by atoms with E-state index in [1.54, 1.807) is 6.07 Å². The Kier molecular flexibility index (Phi) is 8.00. The molecule has 2 atom stereocenters. The van der Waals surface area contributed by atoms with Crippen molar-refractivity contribution in [3.8, 4) is 0 Å². The SMILES string of the molecule is CC(NC(=O)N(Cc1ccc(CO)cc1)C1CCCCN1C)c1cccc(Cl)c1Cl. The van der Waals surface area contributed by atoms with Crippen LogP contribution in [0.25, 0.3) is 0 Å². The number of carbonyl (C=O) groups is 1. The van der Waals surface area contributed by atoms with Crippen molar-refractivity contribution < 1.29 is 9.90 Å².